The van der Waals surface area contributed by atoms with E-state index in [-0.39, 0.29) is 11.7 Å². The van der Waals surface area contributed by atoms with Gasteiger partial charge in [0.25, 0.3) is 5.91 Å². The van der Waals surface area contributed by atoms with Gasteiger partial charge in [-0.05, 0) is 38.4 Å². The molecule has 3 N–H and O–H groups in total. The maximum atomic E-state index is 11.5. The summed E-state index contributed by atoms with van der Waals surface area (Å²) in [6, 6.07) is 5.45. The van der Waals surface area contributed by atoms with Gasteiger partial charge in [-0.2, -0.15) is 0 Å². The third kappa shape index (κ3) is 3.19. The number of primary amides is 1. The van der Waals surface area contributed by atoms with E-state index in [1.54, 1.807) is 18.2 Å². The molecule has 4 nitrogen and oxygen atoms in total. The zero-order valence-corrected chi connectivity index (χ0v) is 11.7. The molecule has 2 atom stereocenters. The van der Waals surface area contributed by atoms with E-state index in [2.05, 4.69) is 5.32 Å². The van der Waals surface area contributed by atoms with E-state index >= 15 is 0 Å². The summed E-state index contributed by atoms with van der Waals surface area (Å²) in [5.74, 6) is -0.0791. The molecule has 1 saturated carbocycles. The molecule has 0 saturated heterocycles. The molecule has 1 aromatic rings. The lowest BCUT2D eigenvalue weighted by molar-refractivity contribution is 0.0971. The van der Waals surface area contributed by atoms with Crippen LogP contribution in [0.15, 0.2) is 18.2 Å². The van der Waals surface area contributed by atoms with Crippen LogP contribution in [0.1, 0.15) is 36.0 Å². The Morgan fingerprint density at radius 1 is 1.42 bits per heavy atom. The predicted octanol–water partition coefficient (Wildman–Crippen LogP) is 2.35. The summed E-state index contributed by atoms with van der Waals surface area (Å²) in [5.41, 5.74) is 5.64. The van der Waals surface area contributed by atoms with E-state index in [0.717, 1.165) is 19.3 Å². The highest BCUT2D eigenvalue weighted by molar-refractivity contribution is 6.34. The van der Waals surface area contributed by atoms with Gasteiger partial charge in [0, 0.05) is 6.04 Å². The van der Waals surface area contributed by atoms with Crippen LogP contribution in [0.4, 0.5) is 0 Å². The van der Waals surface area contributed by atoms with Crippen LogP contribution in [0.2, 0.25) is 5.02 Å². The molecular weight excluding hydrogens is 264 g/mol. The molecule has 0 aromatic heterocycles. The Morgan fingerprint density at radius 2 is 2.16 bits per heavy atom. The van der Waals surface area contributed by atoms with Crippen molar-refractivity contribution in [2.45, 2.75) is 37.8 Å². The SMILES string of the molecule is CNC1CCCCC1Oc1cccc(Cl)c1C(N)=O. The summed E-state index contributed by atoms with van der Waals surface area (Å²) in [4.78, 5) is 11.5. The minimum atomic E-state index is -0.558. The Balaban J connectivity index is 2.22. The molecule has 19 heavy (non-hydrogen) atoms. The highest BCUT2D eigenvalue weighted by Gasteiger charge is 2.27. The maximum Gasteiger partial charge on any atom is 0.253 e. The molecule has 1 amide bonds. The molecule has 0 bridgehead atoms. The number of ether oxygens (including phenoxy) is 1. The van der Waals surface area contributed by atoms with Crippen molar-refractivity contribution >= 4 is 17.5 Å². The summed E-state index contributed by atoms with van der Waals surface area (Å²) >= 11 is 6.02. The molecule has 0 radical (unpaired) electrons. The predicted molar refractivity (Wildman–Crippen MR) is 75.7 cm³/mol. The molecule has 1 fully saturated rings. The van der Waals surface area contributed by atoms with Gasteiger partial charge in [-0.1, -0.05) is 24.1 Å². The van der Waals surface area contributed by atoms with Crippen molar-refractivity contribution in [3.63, 3.8) is 0 Å². The van der Waals surface area contributed by atoms with Crippen molar-refractivity contribution in [3.05, 3.63) is 28.8 Å². The second-order valence-corrected chi connectivity index (χ2v) is 5.22. The topological polar surface area (TPSA) is 64.3 Å². The lowest BCUT2D eigenvalue weighted by atomic mass is 9.92. The Labute approximate surface area is 118 Å². The first-order valence-corrected chi connectivity index (χ1v) is 6.93. The van der Waals surface area contributed by atoms with Crippen molar-refractivity contribution in [2.75, 3.05) is 7.05 Å². The van der Waals surface area contributed by atoms with Crippen LogP contribution >= 0.6 is 11.6 Å². The first-order chi connectivity index (χ1) is 9.13. The van der Waals surface area contributed by atoms with Gasteiger partial charge in [0.05, 0.1) is 10.6 Å². The second kappa shape index (κ2) is 6.26. The Bertz CT molecular complexity index is 465. The fraction of sp³-hybridized carbons (Fsp3) is 0.500. The zero-order valence-electron chi connectivity index (χ0n) is 11.0. The summed E-state index contributed by atoms with van der Waals surface area (Å²) in [5, 5.41) is 3.60. The molecule has 0 spiro atoms. The molecular formula is C14H19ClN2O2. The summed E-state index contributed by atoms with van der Waals surface area (Å²) in [6.07, 6.45) is 4.43. The van der Waals surface area contributed by atoms with Crippen molar-refractivity contribution in [1.82, 2.24) is 5.32 Å². The van der Waals surface area contributed by atoms with Crippen molar-refractivity contribution in [2.24, 2.45) is 5.73 Å². The van der Waals surface area contributed by atoms with E-state index in [1.807, 2.05) is 7.05 Å². The second-order valence-electron chi connectivity index (χ2n) is 4.81. The van der Waals surface area contributed by atoms with Crippen LogP contribution in [0.3, 0.4) is 0 Å². The first kappa shape index (κ1) is 14.2. The van der Waals surface area contributed by atoms with Crippen LogP contribution in [-0.2, 0) is 0 Å². The van der Waals surface area contributed by atoms with Crippen LogP contribution in [0.5, 0.6) is 5.75 Å². The highest BCUT2D eigenvalue weighted by Crippen LogP contribution is 2.30. The van der Waals surface area contributed by atoms with E-state index in [0.29, 0.717) is 16.8 Å². The Hall–Kier alpha value is -1.26. The number of carbonyl (C=O) groups is 1. The number of rotatable bonds is 4. The van der Waals surface area contributed by atoms with Crippen LogP contribution in [-0.4, -0.2) is 25.1 Å². The highest BCUT2D eigenvalue weighted by atomic mass is 35.5. The van der Waals surface area contributed by atoms with Crippen molar-refractivity contribution in [3.8, 4) is 5.75 Å². The van der Waals surface area contributed by atoms with E-state index in [1.165, 1.54) is 6.42 Å². The third-order valence-electron chi connectivity index (χ3n) is 3.57. The molecule has 1 aromatic carbocycles. The van der Waals surface area contributed by atoms with E-state index < -0.39 is 5.91 Å². The molecule has 104 valence electrons. The molecule has 0 heterocycles. The Kier molecular flexibility index (Phi) is 4.66. The number of amides is 1. The number of benzene rings is 1. The van der Waals surface area contributed by atoms with E-state index in [4.69, 9.17) is 22.1 Å². The maximum absolute atomic E-state index is 11.5. The number of carbonyl (C=O) groups excluding carboxylic acids is 1. The van der Waals surface area contributed by atoms with Gasteiger partial charge in [-0.15, -0.1) is 0 Å². The van der Waals surface area contributed by atoms with Gasteiger partial charge in [0.1, 0.15) is 11.9 Å². The van der Waals surface area contributed by atoms with Gasteiger partial charge in [0.15, 0.2) is 0 Å². The average Bonchev–Trinajstić information content (AvgIpc) is 2.39. The number of hydrogen-bond donors (Lipinski definition) is 2. The quantitative estimate of drug-likeness (QED) is 0.891. The van der Waals surface area contributed by atoms with Crippen molar-refractivity contribution < 1.29 is 9.53 Å². The minimum absolute atomic E-state index is 0.0512. The lowest BCUT2D eigenvalue weighted by Crippen LogP contribution is -2.43. The first-order valence-electron chi connectivity index (χ1n) is 6.55. The minimum Gasteiger partial charge on any atom is -0.488 e. The molecule has 5 heteroatoms. The fourth-order valence-electron chi connectivity index (χ4n) is 2.57. The molecule has 2 rings (SSSR count). The van der Waals surface area contributed by atoms with Gasteiger partial charge in [-0.25, -0.2) is 0 Å². The van der Waals surface area contributed by atoms with Gasteiger partial charge in [-0.3, -0.25) is 4.79 Å². The number of hydrogen-bond acceptors (Lipinski definition) is 3. The monoisotopic (exact) mass is 282 g/mol. The largest absolute Gasteiger partial charge is 0.488 e. The normalized spacial score (nSPS) is 23.1. The number of nitrogens with one attached hydrogen (secondary N) is 1. The Morgan fingerprint density at radius 3 is 2.84 bits per heavy atom. The molecule has 1 aliphatic carbocycles. The zero-order chi connectivity index (χ0) is 13.8. The smallest absolute Gasteiger partial charge is 0.253 e. The summed E-state index contributed by atoms with van der Waals surface area (Å²) in [6.45, 7) is 0. The standard InChI is InChI=1S/C14H19ClN2O2/c1-17-10-6-2-3-7-11(10)19-12-8-4-5-9(15)13(12)14(16)18/h4-5,8,10-11,17H,2-3,6-7H2,1H3,(H2,16,18). The van der Waals surface area contributed by atoms with E-state index in [9.17, 15) is 4.79 Å². The van der Waals surface area contributed by atoms with Crippen LogP contribution < -0.4 is 15.8 Å². The molecule has 1 aliphatic rings. The lowest BCUT2D eigenvalue weighted by Gasteiger charge is -2.32. The van der Waals surface area contributed by atoms with Crippen LogP contribution in [0.25, 0.3) is 0 Å². The van der Waals surface area contributed by atoms with Crippen molar-refractivity contribution in [1.29, 1.82) is 0 Å². The summed E-state index contributed by atoms with van der Waals surface area (Å²) < 4.78 is 5.98. The average molecular weight is 283 g/mol. The molecule has 0 aliphatic heterocycles. The molecule has 2 unspecified atom stereocenters. The van der Waals surface area contributed by atoms with Gasteiger partial charge >= 0.3 is 0 Å². The number of likely N-dealkylation sites (N-methyl/N-ethyl adjacent to an activating group) is 1. The number of nitrogens with two attached hydrogens (primary N) is 1. The van der Waals surface area contributed by atoms with Gasteiger partial charge in [0.2, 0.25) is 0 Å². The van der Waals surface area contributed by atoms with Crippen LogP contribution in [0, 0.1) is 0 Å². The number of halogens is 1. The third-order valence-corrected chi connectivity index (χ3v) is 3.89. The summed E-state index contributed by atoms with van der Waals surface area (Å²) in [7, 11) is 1.93. The van der Waals surface area contributed by atoms with Gasteiger partial charge < -0.3 is 15.8 Å². The fourth-order valence-corrected chi connectivity index (χ4v) is 2.83.